The number of hydrogen-bond acceptors (Lipinski definition) is 7. The van der Waals surface area contributed by atoms with Gasteiger partial charge in [-0.3, -0.25) is 4.79 Å². The van der Waals surface area contributed by atoms with Gasteiger partial charge in [0.1, 0.15) is 15.5 Å². The molecule has 3 atom stereocenters. The molecule has 178 valence electrons. The molecule has 0 radical (unpaired) electrons. The lowest BCUT2D eigenvalue weighted by Crippen LogP contribution is -2.39. The highest BCUT2D eigenvalue weighted by atomic mass is 32.1. The molecule has 2 aliphatic heterocycles. The maximum Gasteiger partial charge on any atom is 0.263 e. The van der Waals surface area contributed by atoms with Crippen molar-refractivity contribution in [1.29, 1.82) is 0 Å². The molecule has 2 fully saturated rings. The van der Waals surface area contributed by atoms with Gasteiger partial charge in [0.15, 0.2) is 11.6 Å². The molecule has 1 amide bonds. The predicted octanol–water partition coefficient (Wildman–Crippen LogP) is 2.95. The van der Waals surface area contributed by atoms with E-state index in [1.54, 1.807) is 13.0 Å². The zero-order valence-corrected chi connectivity index (χ0v) is 19.6. The van der Waals surface area contributed by atoms with Crippen LogP contribution in [0.4, 0.5) is 20.3 Å². The van der Waals surface area contributed by atoms with Crippen LogP contribution in [-0.2, 0) is 12.8 Å². The van der Waals surface area contributed by atoms with Crippen molar-refractivity contribution in [3.8, 4) is 0 Å². The molecule has 5 heterocycles. The van der Waals surface area contributed by atoms with Crippen LogP contribution in [0.5, 0.6) is 0 Å². The Balaban J connectivity index is 1.20. The summed E-state index contributed by atoms with van der Waals surface area (Å²) in [6, 6.07) is 3.08. The molecule has 4 N–H and O–H groups in total. The standard InChI is InChI=1S/C24H26F2N6OS/c1-11-16(25)8-15-20(27)21(34-24(15)29-11)23(33)30-14-2-3-18-13(6-14)7-17(26)22(31-18)32-5-4-12-9-28-10-19(12)32/h7-8,12,14,19,28H,2-6,9-10,27H2,1H3,(H,30,33). The number of rotatable bonds is 3. The zero-order valence-electron chi connectivity index (χ0n) is 18.8. The summed E-state index contributed by atoms with van der Waals surface area (Å²) in [4.78, 5) is 24.9. The lowest BCUT2D eigenvalue weighted by molar-refractivity contribution is 0.0938. The van der Waals surface area contributed by atoms with E-state index in [0.29, 0.717) is 52.1 Å². The molecular weight excluding hydrogens is 458 g/mol. The summed E-state index contributed by atoms with van der Waals surface area (Å²) < 4.78 is 29.0. The summed E-state index contributed by atoms with van der Waals surface area (Å²) in [6.45, 7) is 4.28. The van der Waals surface area contributed by atoms with E-state index in [9.17, 15) is 9.18 Å². The van der Waals surface area contributed by atoms with E-state index in [2.05, 4.69) is 20.5 Å². The summed E-state index contributed by atoms with van der Waals surface area (Å²) >= 11 is 1.16. The minimum Gasteiger partial charge on any atom is -0.397 e. The molecule has 2 saturated heterocycles. The fraction of sp³-hybridized carbons (Fsp3) is 0.458. The SMILES string of the molecule is Cc1nc2sc(C(=O)NC3CCc4nc(N5CCC6CNCC65)c(F)cc4C3)c(N)c2cc1F. The number of nitrogens with one attached hydrogen (secondary N) is 2. The molecule has 0 saturated carbocycles. The molecule has 1 aliphatic carbocycles. The van der Waals surface area contributed by atoms with Gasteiger partial charge in [0, 0.05) is 42.8 Å². The van der Waals surface area contributed by atoms with Crippen LogP contribution in [0.2, 0.25) is 0 Å². The Hall–Kier alpha value is -2.85. The third-order valence-corrected chi connectivity index (χ3v) is 8.54. The van der Waals surface area contributed by atoms with Gasteiger partial charge in [-0.25, -0.2) is 18.7 Å². The zero-order chi connectivity index (χ0) is 23.6. The van der Waals surface area contributed by atoms with Crippen LogP contribution in [-0.4, -0.2) is 47.6 Å². The molecule has 34 heavy (non-hydrogen) atoms. The number of nitrogens with zero attached hydrogens (tertiary/aromatic N) is 3. The Morgan fingerprint density at radius 1 is 1.24 bits per heavy atom. The molecule has 0 spiro atoms. The van der Waals surface area contributed by atoms with Gasteiger partial charge in [0.05, 0.1) is 11.4 Å². The van der Waals surface area contributed by atoms with Crippen LogP contribution in [0.15, 0.2) is 12.1 Å². The van der Waals surface area contributed by atoms with E-state index in [4.69, 9.17) is 10.7 Å². The van der Waals surface area contributed by atoms with Crippen molar-refractivity contribution in [3.05, 3.63) is 45.6 Å². The second-order valence-corrected chi connectivity index (χ2v) is 10.5. The predicted molar refractivity (Wildman–Crippen MR) is 128 cm³/mol. The van der Waals surface area contributed by atoms with E-state index in [-0.39, 0.29) is 29.1 Å². The first-order valence-corrected chi connectivity index (χ1v) is 12.5. The third kappa shape index (κ3) is 3.51. The molecule has 6 rings (SSSR count). The maximum atomic E-state index is 15.1. The number of nitrogens with two attached hydrogens (primary N) is 1. The molecule has 3 aromatic rings. The third-order valence-electron chi connectivity index (χ3n) is 7.43. The monoisotopic (exact) mass is 484 g/mol. The van der Waals surface area contributed by atoms with E-state index >= 15 is 4.39 Å². The summed E-state index contributed by atoms with van der Waals surface area (Å²) in [7, 11) is 0. The van der Waals surface area contributed by atoms with Gasteiger partial charge in [-0.15, -0.1) is 11.3 Å². The Kier molecular flexibility index (Phi) is 5.18. The van der Waals surface area contributed by atoms with Gasteiger partial charge in [0.2, 0.25) is 0 Å². The van der Waals surface area contributed by atoms with Crippen LogP contribution in [0.25, 0.3) is 10.2 Å². The van der Waals surface area contributed by atoms with Crippen LogP contribution >= 0.6 is 11.3 Å². The van der Waals surface area contributed by atoms with Crippen molar-refractivity contribution in [2.24, 2.45) is 5.92 Å². The summed E-state index contributed by atoms with van der Waals surface area (Å²) in [5.74, 6) is -0.0286. The second-order valence-electron chi connectivity index (χ2n) is 9.53. The Morgan fingerprint density at radius 2 is 2.09 bits per heavy atom. The second kappa shape index (κ2) is 8.13. The molecular formula is C24H26F2N6OS. The molecule has 3 unspecified atom stereocenters. The van der Waals surface area contributed by atoms with Crippen molar-refractivity contribution < 1.29 is 13.6 Å². The number of hydrogen-bond donors (Lipinski definition) is 3. The fourth-order valence-corrected chi connectivity index (χ4v) is 6.61. The van der Waals surface area contributed by atoms with Crippen LogP contribution < -0.4 is 21.3 Å². The normalized spacial score (nSPS) is 23.9. The van der Waals surface area contributed by atoms with Gasteiger partial charge in [0.25, 0.3) is 5.91 Å². The Bertz CT molecular complexity index is 1310. The number of fused-ring (bicyclic) bond motifs is 3. The lowest BCUT2D eigenvalue weighted by Gasteiger charge is -2.29. The van der Waals surface area contributed by atoms with Crippen molar-refractivity contribution in [2.45, 2.75) is 44.7 Å². The lowest BCUT2D eigenvalue weighted by atomic mass is 9.91. The summed E-state index contributed by atoms with van der Waals surface area (Å²) in [5, 5.41) is 6.88. The fourth-order valence-electron chi connectivity index (χ4n) is 5.59. The van der Waals surface area contributed by atoms with Gasteiger partial charge in [-0.05, 0) is 56.2 Å². The average Bonchev–Trinajstić information content (AvgIpc) is 3.50. The number of carbonyl (C=O) groups is 1. The minimum atomic E-state index is -0.449. The largest absolute Gasteiger partial charge is 0.397 e. The van der Waals surface area contributed by atoms with Crippen molar-refractivity contribution >= 4 is 39.0 Å². The number of aromatic nitrogens is 2. The molecule has 3 aromatic heterocycles. The first kappa shape index (κ1) is 21.7. The highest BCUT2D eigenvalue weighted by Crippen LogP contribution is 2.35. The quantitative estimate of drug-likeness (QED) is 0.529. The minimum absolute atomic E-state index is 0.154. The molecule has 7 nitrogen and oxygen atoms in total. The van der Waals surface area contributed by atoms with Gasteiger partial charge < -0.3 is 21.3 Å². The highest BCUT2D eigenvalue weighted by Gasteiger charge is 2.39. The first-order valence-electron chi connectivity index (χ1n) is 11.7. The van der Waals surface area contributed by atoms with Crippen molar-refractivity contribution in [3.63, 3.8) is 0 Å². The van der Waals surface area contributed by atoms with Crippen molar-refractivity contribution in [1.82, 2.24) is 20.6 Å². The van der Waals surface area contributed by atoms with Gasteiger partial charge in [-0.2, -0.15) is 0 Å². The number of amides is 1. The topological polar surface area (TPSA) is 96.2 Å². The van der Waals surface area contributed by atoms with Crippen LogP contribution in [0.1, 0.15) is 39.5 Å². The molecule has 0 bridgehead atoms. The summed E-state index contributed by atoms with van der Waals surface area (Å²) in [6.07, 6.45) is 2.95. The molecule has 10 heteroatoms. The number of nitrogen functional groups attached to an aromatic ring is 1. The number of anilines is 2. The van der Waals surface area contributed by atoms with Crippen molar-refractivity contribution in [2.75, 3.05) is 30.3 Å². The van der Waals surface area contributed by atoms with E-state index in [1.165, 1.54) is 6.07 Å². The van der Waals surface area contributed by atoms with E-state index in [0.717, 1.165) is 48.6 Å². The van der Waals surface area contributed by atoms with E-state index < -0.39 is 5.82 Å². The Morgan fingerprint density at radius 3 is 2.94 bits per heavy atom. The number of pyridine rings is 2. The maximum absolute atomic E-state index is 15.1. The van der Waals surface area contributed by atoms with E-state index in [1.807, 2.05) is 0 Å². The number of halogens is 2. The smallest absolute Gasteiger partial charge is 0.263 e. The van der Waals surface area contributed by atoms with Crippen LogP contribution in [0, 0.1) is 24.5 Å². The molecule has 0 aromatic carbocycles. The van der Waals surface area contributed by atoms with Gasteiger partial charge in [-0.1, -0.05) is 0 Å². The number of aryl methyl sites for hydroxylation is 2. The molecule has 3 aliphatic rings. The first-order chi connectivity index (χ1) is 16.4. The number of carbonyl (C=O) groups excluding carboxylic acids is 1. The highest BCUT2D eigenvalue weighted by molar-refractivity contribution is 7.21. The Labute approximate surface area is 199 Å². The summed E-state index contributed by atoms with van der Waals surface area (Å²) in [5.41, 5.74) is 8.40. The van der Waals surface area contributed by atoms with Gasteiger partial charge >= 0.3 is 0 Å². The number of thiophene rings is 1. The van der Waals surface area contributed by atoms with Crippen LogP contribution in [0.3, 0.4) is 0 Å². The average molecular weight is 485 g/mol.